The molecule has 0 aromatic carbocycles. The molecule has 1 rings (SSSR count). The van der Waals surface area contributed by atoms with Crippen molar-refractivity contribution in [1.29, 1.82) is 0 Å². The van der Waals surface area contributed by atoms with Gasteiger partial charge in [0.05, 0.1) is 0 Å². The van der Waals surface area contributed by atoms with E-state index < -0.39 is 0 Å². The van der Waals surface area contributed by atoms with Gasteiger partial charge in [0.1, 0.15) is 5.82 Å². The molecule has 0 amide bonds. The highest BCUT2D eigenvalue weighted by Gasteiger charge is 2.05. The normalized spacial score (nSPS) is 12.2. The maximum absolute atomic E-state index is 5.03. The van der Waals surface area contributed by atoms with Crippen LogP contribution < -0.4 is 10.6 Å². The molecule has 0 spiro atoms. The summed E-state index contributed by atoms with van der Waals surface area (Å²) in [5.74, 6) is 1.49. The zero-order valence-electron chi connectivity index (χ0n) is 10.4. The number of rotatable bonds is 6. The molecule has 0 saturated heterocycles. The average Bonchev–Trinajstić information content (AvgIpc) is 2.25. The van der Waals surface area contributed by atoms with E-state index in [0.717, 1.165) is 24.5 Å². The molecule has 5 heteroatoms. The quantitative estimate of drug-likeness (QED) is 0.769. The summed E-state index contributed by atoms with van der Waals surface area (Å²) >= 11 is 0. The fraction of sp³-hybridized carbons (Fsp3) is 0.636. The van der Waals surface area contributed by atoms with Crippen LogP contribution in [0.25, 0.3) is 0 Å². The van der Waals surface area contributed by atoms with Crippen molar-refractivity contribution in [2.75, 3.05) is 31.4 Å². The van der Waals surface area contributed by atoms with Gasteiger partial charge in [-0.2, -0.15) is 4.98 Å². The molecular weight excluding hydrogens is 204 g/mol. The molecule has 0 aliphatic rings. The molecule has 1 aromatic rings. The number of hydrogen-bond donors (Lipinski definition) is 2. The van der Waals surface area contributed by atoms with Gasteiger partial charge in [-0.25, -0.2) is 4.98 Å². The van der Waals surface area contributed by atoms with Gasteiger partial charge in [0.15, 0.2) is 0 Å². The summed E-state index contributed by atoms with van der Waals surface area (Å²) in [5, 5.41) is 6.26. The maximum atomic E-state index is 5.03. The van der Waals surface area contributed by atoms with Gasteiger partial charge in [0.2, 0.25) is 5.95 Å². The zero-order chi connectivity index (χ0) is 12.0. The van der Waals surface area contributed by atoms with Crippen molar-refractivity contribution in [2.24, 2.45) is 0 Å². The van der Waals surface area contributed by atoms with E-state index in [1.54, 1.807) is 7.11 Å². The van der Waals surface area contributed by atoms with Crippen LogP contribution in [0.5, 0.6) is 0 Å². The number of ether oxygens (including phenoxy) is 1. The maximum Gasteiger partial charge on any atom is 0.224 e. The molecule has 0 aliphatic heterocycles. The summed E-state index contributed by atoms with van der Waals surface area (Å²) in [6.07, 6.45) is 0.953. The Morgan fingerprint density at radius 2 is 2.19 bits per heavy atom. The van der Waals surface area contributed by atoms with Crippen molar-refractivity contribution in [2.45, 2.75) is 26.3 Å². The zero-order valence-corrected chi connectivity index (χ0v) is 10.4. The predicted molar refractivity (Wildman–Crippen MR) is 65.9 cm³/mol. The van der Waals surface area contributed by atoms with Crippen LogP contribution in [0.15, 0.2) is 6.07 Å². The summed E-state index contributed by atoms with van der Waals surface area (Å²) in [7, 11) is 3.52. The average molecular weight is 224 g/mol. The SMILES string of the molecule is CNc1nc(C)cc(NC(C)CCOC)n1. The van der Waals surface area contributed by atoms with Crippen LogP contribution in [-0.4, -0.2) is 36.8 Å². The largest absolute Gasteiger partial charge is 0.385 e. The second-order valence-electron chi connectivity index (χ2n) is 3.80. The van der Waals surface area contributed by atoms with Gasteiger partial charge in [-0.05, 0) is 20.3 Å². The number of hydrogen-bond acceptors (Lipinski definition) is 5. The Morgan fingerprint density at radius 3 is 2.81 bits per heavy atom. The van der Waals surface area contributed by atoms with Crippen LogP contribution in [0.2, 0.25) is 0 Å². The minimum absolute atomic E-state index is 0.332. The van der Waals surface area contributed by atoms with Gasteiger partial charge in [-0.15, -0.1) is 0 Å². The molecule has 1 unspecified atom stereocenters. The van der Waals surface area contributed by atoms with Crippen molar-refractivity contribution >= 4 is 11.8 Å². The Bertz CT molecular complexity index is 330. The molecule has 0 radical (unpaired) electrons. The van der Waals surface area contributed by atoms with Crippen LogP contribution >= 0.6 is 0 Å². The molecule has 16 heavy (non-hydrogen) atoms. The van der Waals surface area contributed by atoms with E-state index in [4.69, 9.17) is 4.74 Å². The second-order valence-corrected chi connectivity index (χ2v) is 3.80. The second kappa shape index (κ2) is 6.27. The predicted octanol–water partition coefficient (Wildman–Crippen LogP) is 1.66. The molecular formula is C11H20N4O. The first-order valence-electron chi connectivity index (χ1n) is 5.44. The third-order valence-corrected chi connectivity index (χ3v) is 2.23. The molecule has 5 nitrogen and oxygen atoms in total. The molecule has 0 fully saturated rings. The van der Waals surface area contributed by atoms with E-state index in [1.165, 1.54) is 0 Å². The van der Waals surface area contributed by atoms with Gasteiger partial charge < -0.3 is 15.4 Å². The minimum Gasteiger partial charge on any atom is -0.385 e. The standard InChI is InChI=1S/C11H20N4O/c1-8(5-6-16-4)13-10-7-9(2)14-11(12-3)15-10/h7-8H,5-6H2,1-4H3,(H2,12,13,14,15). The van der Waals surface area contributed by atoms with Crippen molar-refractivity contribution in [1.82, 2.24) is 9.97 Å². The number of nitrogens with one attached hydrogen (secondary N) is 2. The number of aromatic nitrogens is 2. The van der Waals surface area contributed by atoms with Gasteiger partial charge in [-0.3, -0.25) is 0 Å². The molecule has 1 aromatic heterocycles. The lowest BCUT2D eigenvalue weighted by Gasteiger charge is -2.14. The minimum atomic E-state index is 0.332. The summed E-state index contributed by atoms with van der Waals surface area (Å²) in [5.41, 5.74) is 0.945. The van der Waals surface area contributed by atoms with Crippen molar-refractivity contribution in [3.63, 3.8) is 0 Å². The molecule has 90 valence electrons. The fourth-order valence-corrected chi connectivity index (χ4v) is 1.37. The van der Waals surface area contributed by atoms with Gasteiger partial charge >= 0.3 is 0 Å². The lowest BCUT2D eigenvalue weighted by molar-refractivity contribution is 0.191. The Balaban J connectivity index is 2.61. The first-order chi connectivity index (χ1) is 7.65. The molecule has 0 saturated carbocycles. The van der Waals surface area contributed by atoms with Crippen molar-refractivity contribution < 1.29 is 4.74 Å². The Labute approximate surface area is 96.6 Å². The number of methoxy groups -OCH3 is 1. The lowest BCUT2D eigenvalue weighted by Crippen LogP contribution is -2.18. The Hall–Kier alpha value is -1.36. The smallest absolute Gasteiger partial charge is 0.224 e. The summed E-state index contributed by atoms with van der Waals surface area (Å²) in [6.45, 7) is 4.81. The highest BCUT2D eigenvalue weighted by atomic mass is 16.5. The third-order valence-electron chi connectivity index (χ3n) is 2.23. The van der Waals surface area contributed by atoms with Crippen LogP contribution in [0, 0.1) is 6.92 Å². The fourth-order valence-electron chi connectivity index (χ4n) is 1.37. The lowest BCUT2D eigenvalue weighted by atomic mass is 10.2. The van der Waals surface area contributed by atoms with E-state index in [0.29, 0.717) is 12.0 Å². The Kier molecular flexibility index (Phi) is 4.98. The molecule has 0 bridgehead atoms. The number of nitrogens with zero attached hydrogens (tertiary/aromatic N) is 2. The first-order valence-corrected chi connectivity index (χ1v) is 5.44. The van der Waals surface area contributed by atoms with Gasteiger partial charge in [-0.1, -0.05) is 0 Å². The highest BCUT2D eigenvalue weighted by Crippen LogP contribution is 2.11. The highest BCUT2D eigenvalue weighted by molar-refractivity contribution is 5.42. The van der Waals surface area contributed by atoms with Crippen LogP contribution in [-0.2, 0) is 4.74 Å². The van der Waals surface area contributed by atoms with Crippen LogP contribution in [0.3, 0.4) is 0 Å². The molecule has 0 aliphatic carbocycles. The van der Waals surface area contributed by atoms with E-state index in [1.807, 2.05) is 20.0 Å². The van der Waals surface area contributed by atoms with E-state index in [9.17, 15) is 0 Å². The van der Waals surface area contributed by atoms with E-state index in [-0.39, 0.29) is 0 Å². The summed E-state index contributed by atoms with van der Waals surface area (Å²) in [6, 6.07) is 2.27. The van der Waals surface area contributed by atoms with Gasteiger partial charge in [0.25, 0.3) is 0 Å². The van der Waals surface area contributed by atoms with Crippen LogP contribution in [0.4, 0.5) is 11.8 Å². The van der Waals surface area contributed by atoms with Crippen LogP contribution in [0.1, 0.15) is 19.0 Å². The van der Waals surface area contributed by atoms with E-state index in [2.05, 4.69) is 27.5 Å². The van der Waals surface area contributed by atoms with E-state index >= 15 is 0 Å². The molecule has 1 atom stereocenters. The third kappa shape index (κ3) is 4.02. The van der Waals surface area contributed by atoms with Crippen molar-refractivity contribution in [3.05, 3.63) is 11.8 Å². The monoisotopic (exact) mass is 224 g/mol. The summed E-state index contributed by atoms with van der Waals surface area (Å²) < 4.78 is 5.03. The Morgan fingerprint density at radius 1 is 1.44 bits per heavy atom. The van der Waals surface area contributed by atoms with Gasteiger partial charge in [0, 0.05) is 38.6 Å². The molecule has 2 N–H and O–H groups in total. The first kappa shape index (κ1) is 12.7. The van der Waals surface area contributed by atoms with Crippen molar-refractivity contribution in [3.8, 4) is 0 Å². The summed E-state index contributed by atoms with van der Waals surface area (Å²) in [4.78, 5) is 8.56. The number of anilines is 2. The topological polar surface area (TPSA) is 59.1 Å². The molecule has 1 heterocycles. The number of aryl methyl sites for hydroxylation is 1.